The van der Waals surface area contributed by atoms with Crippen LogP contribution in [0.3, 0.4) is 0 Å². The Morgan fingerprint density at radius 3 is 2.59 bits per heavy atom. The van der Waals surface area contributed by atoms with Gasteiger partial charge in [0, 0.05) is 17.8 Å². The highest BCUT2D eigenvalue weighted by Crippen LogP contribution is 2.26. The molecule has 0 bridgehead atoms. The number of anilines is 1. The van der Waals surface area contributed by atoms with E-state index in [1.807, 2.05) is 60.9 Å². The number of aromatic nitrogens is 3. The summed E-state index contributed by atoms with van der Waals surface area (Å²) in [5.74, 6) is 1.67. The highest BCUT2D eigenvalue weighted by molar-refractivity contribution is 5.92. The maximum atomic E-state index is 12.3. The molecule has 1 heterocycles. The molecule has 0 aliphatic carbocycles. The number of carbonyl (C=O) groups is 1. The Bertz CT molecular complexity index is 908. The minimum Gasteiger partial charge on any atom is -0.490 e. The third-order valence-corrected chi connectivity index (χ3v) is 3.87. The molecule has 27 heavy (non-hydrogen) atoms. The van der Waals surface area contributed by atoms with Crippen LogP contribution >= 0.6 is 0 Å². The molecule has 1 N–H and O–H groups in total. The zero-order valence-corrected chi connectivity index (χ0v) is 15.4. The van der Waals surface area contributed by atoms with Gasteiger partial charge in [0.15, 0.2) is 23.9 Å². The van der Waals surface area contributed by atoms with Crippen molar-refractivity contribution in [3.8, 4) is 22.9 Å². The number of nitrogens with one attached hydrogen (secondary N) is 1. The fourth-order valence-corrected chi connectivity index (χ4v) is 2.63. The fraction of sp³-hybridized carbons (Fsp3) is 0.250. The summed E-state index contributed by atoms with van der Waals surface area (Å²) < 4.78 is 13.0. The lowest BCUT2D eigenvalue weighted by Gasteiger charge is -2.12. The largest absolute Gasteiger partial charge is 0.490 e. The van der Waals surface area contributed by atoms with E-state index in [0.29, 0.717) is 23.8 Å². The van der Waals surface area contributed by atoms with E-state index in [1.165, 1.54) is 0 Å². The Balaban J connectivity index is 1.64. The van der Waals surface area contributed by atoms with Gasteiger partial charge in [0.25, 0.3) is 5.91 Å². The number of amides is 1. The van der Waals surface area contributed by atoms with Crippen molar-refractivity contribution in [1.82, 2.24) is 14.8 Å². The van der Waals surface area contributed by atoms with Gasteiger partial charge >= 0.3 is 0 Å². The van der Waals surface area contributed by atoms with E-state index >= 15 is 0 Å². The molecular weight excluding hydrogens is 344 g/mol. The Kier molecular flexibility index (Phi) is 6.04. The Morgan fingerprint density at radius 2 is 1.85 bits per heavy atom. The summed E-state index contributed by atoms with van der Waals surface area (Å²) in [6, 6.07) is 14.8. The SMILES string of the molecule is CCOc1ccccc1OCC(=O)Nc1cccc(-c2nncn2CC)c1. The molecule has 0 aliphatic heterocycles. The van der Waals surface area contributed by atoms with Gasteiger partial charge in [0.1, 0.15) is 6.33 Å². The first-order valence-corrected chi connectivity index (χ1v) is 8.84. The molecular formula is C20H22N4O3. The van der Waals surface area contributed by atoms with Gasteiger partial charge < -0.3 is 19.4 Å². The molecule has 7 nitrogen and oxygen atoms in total. The Morgan fingerprint density at radius 1 is 1.07 bits per heavy atom. The first kappa shape index (κ1) is 18.4. The number of aryl methyl sites for hydroxylation is 1. The number of hydrogen-bond acceptors (Lipinski definition) is 5. The average molecular weight is 366 g/mol. The molecule has 0 saturated carbocycles. The topological polar surface area (TPSA) is 78.3 Å². The monoisotopic (exact) mass is 366 g/mol. The predicted octanol–water partition coefficient (Wildman–Crippen LogP) is 3.38. The molecule has 140 valence electrons. The minimum absolute atomic E-state index is 0.112. The predicted molar refractivity (Wildman–Crippen MR) is 103 cm³/mol. The Labute approximate surface area is 158 Å². The number of carbonyl (C=O) groups excluding carboxylic acids is 1. The molecule has 3 rings (SSSR count). The molecule has 0 fully saturated rings. The van der Waals surface area contributed by atoms with Crippen LogP contribution in [0.1, 0.15) is 13.8 Å². The number of ether oxygens (including phenoxy) is 2. The van der Waals surface area contributed by atoms with Crippen LogP contribution in [0.4, 0.5) is 5.69 Å². The summed E-state index contributed by atoms with van der Waals surface area (Å²) >= 11 is 0. The van der Waals surface area contributed by atoms with Gasteiger partial charge in [0.05, 0.1) is 6.61 Å². The van der Waals surface area contributed by atoms with Gasteiger partial charge in [-0.3, -0.25) is 4.79 Å². The third-order valence-electron chi connectivity index (χ3n) is 3.87. The lowest BCUT2D eigenvalue weighted by molar-refractivity contribution is -0.118. The first-order valence-electron chi connectivity index (χ1n) is 8.84. The summed E-state index contributed by atoms with van der Waals surface area (Å²) in [5.41, 5.74) is 1.56. The first-order chi connectivity index (χ1) is 13.2. The number of hydrogen-bond donors (Lipinski definition) is 1. The Hall–Kier alpha value is -3.35. The lowest BCUT2D eigenvalue weighted by Crippen LogP contribution is -2.20. The summed E-state index contributed by atoms with van der Waals surface area (Å²) in [6.07, 6.45) is 1.68. The molecule has 0 spiro atoms. The van der Waals surface area contributed by atoms with Gasteiger partial charge in [-0.2, -0.15) is 0 Å². The molecule has 7 heteroatoms. The molecule has 3 aromatic rings. The molecule has 1 aromatic heterocycles. The van der Waals surface area contributed by atoms with Crippen molar-refractivity contribution in [2.75, 3.05) is 18.5 Å². The van der Waals surface area contributed by atoms with E-state index in [9.17, 15) is 4.79 Å². The second kappa shape index (κ2) is 8.84. The summed E-state index contributed by atoms with van der Waals surface area (Å²) in [5, 5.41) is 10.9. The summed E-state index contributed by atoms with van der Waals surface area (Å²) in [6.45, 7) is 5.11. The van der Waals surface area contributed by atoms with E-state index < -0.39 is 0 Å². The van der Waals surface area contributed by atoms with Crippen molar-refractivity contribution in [3.05, 3.63) is 54.9 Å². The van der Waals surface area contributed by atoms with Crippen LogP contribution in [0.15, 0.2) is 54.9 Å². The van der Waals surface area contributed by atoms with Crippen molar-refractivity contribution in [2.45, 2.75) is 20.4 Å². The fourth-order valence-electron chi connectivity index (χ4n) is 2.63. The molecule has 0 atom stereocenters. The number of para-hydroxylation sites is 2. The second-order valence-electron chi connectivity index (χ2n) is 5.74. The van der Waals surface area contributed by atoms with Crippen molar-refractivity contribution in [3.63, 3.8) is 0 Å². The van der Waals surface area contributed by atoms with Gasteiger partial charge in [-0.05, 0) is 38.1 Å². The zero-order chi connectivity index (χ0) is 19.1. The molecule has 0 saturated heterocycles. The van der Waals surface area contributed by atoms with E-state index in [-0.39, 0.29) is 12.5 Å². The minimum atomic E-state index is -0.254. The molecule has 0 radical (unpaired) electrons. The van der Waals surface area contributed by atoms with Crippen molar-refractivity contribution >= 4 is 11.6 Å². The highest BCUT2D eigenvalue weighted by atomic mass is 16.5. The van der Waals surface area contributed by atoms with Crippen molar-refractivity contribution in [1.29, 1.82) is 0 Å². The van der Waals surface area contributed by atoms with Crippen LogP contribution in [0.25, 0.3) is 11.4 Å². The van der Waals surface area contributed by atoms with Crippen LogP contribution in [0.2, 0.25) is 0 Å². The maximum absolute atomic E-state index is 12.3. The molecule has 2 aromatic carbocycles. The summed E-state index contributed by atoms with van der Waals surface area (Å²) in [7, 11) is 0. The van der Waals surface area contributed by atoms with Gasteiger partial charge in [0.2, 0.25) is 0 Å². The van der Waals surface area contributed by atoms with Crippen LogP contribution < -0.4 is 14.8 Å². The van der Waals surface area contributed by atoms with Crippen LogP contribution in [0, 0.1) is 0 Å². The smallest absolute Gasteiger partial charge is 0.262 e. The normalized spacial score (nSPS) is 10.4. The number of rotatable bonds is 8. The second-order valence-corrected chi connectivity index (χ2v) is 5.74. The van der Waals surface area contributed by atoms with E-state index in [0.717, 1.165) is 17.9 Å². The van der Waals surface area contributed by atoms with E-state index in [2.05, 4.69) is 15.5 Å². The zero-order valence-electron chi connectivity index (χ0n) is 15.4. The van der Waals surface area contributed by atoms with Crippen molar-refractivity contribution in [2.24, 2.45) is 0 Å². The van der Waals surface area contributed by atoms with Gasteiger partial charge in [-0.25, -0.2) is 0 Å². The highest BCUT2D eigenvalue weighted by Gasteiger charge is 2.10. The van der Waals surface area contributed by atoms with Gasteiger partial charge in [-0.1, -0.05) is 24.3 Å². The average Bonchev–Trinajstić information content (AvgIpc) is 3.17. The standard InChI is InChI=1S/C20H22N4O3/c1-3-24-14-21-23-20(24)15-8-7-9-16(12-15)22-19(25)13-27-18-11-6-5-10-17(18)26-4-2/h5-12,14H,3-4,13H2,1-2H3,(H,22,25). The quantitative estimate of drug-likeness (QED) is 0.661. The molecule has 0 aliphatic rings. The van der Waals surface area contributed by atoms with Crippen molar-refractivity contribution < 1.29 is 14.3 Å². The number of nitrogens with zero attached hydrogens (tertiary/aromatic N) is 3. The van der Waals surface area contributed by atoms with Crippen LogP contribution in [-0.4, -0.2) is 33.9 Å². The van der Waals surface area contributed by atoms with Gasteiger partial charge in [-0.15, -0.1) is 10.2 Å². The molecule has 1 amide bonds. The van der Waals surface area contributed by atoms with E-state index in [1.54, 1.807) is 12.4 Å². The number of benzene rings is 2. The lowest BCUT2D eigenvalue weighted by atomic mass is 10.2. The maximum Gasteiger partial charge on any atom is 0.262 e. The van der Waals surface area contributed by atoms with Crippen LogP contribution in [0.5, 0.6) is 11.5 Å². The van der Waals surface area contributed by atoms with E-state index in [4.69, 9.17) is 9.47 Å². The third kappa shape index (κ3) is 4.63. The summed E-state index contributed by atoms with van der Waals surface area (Å²) in [4.78, 5) is 12.3. The molecule has 0 unspecified atom stereocenters. The van der Waals surface area contributed by atoms with Crippen LogP contribution in [-0.2, 0) is 11.3 Å².